The lowest BCUT2D eigenvalue weighted by Gasteiger charge is -2.30. The van der Waals surface area contributed by atoms with Gasteiger partial charge < -0.3 is 15.7 Å². The molecular weight excluding hydrogens is 432 g/mol. The summed E-state index contributed by atoms with van der Waals surface area (Å²) in [7, 11) is 0. The fourth-order valence-electron chi connectivity index (χ4n) is 3.35. The predicted octanol–water partition coefficient (Wildman–Crippen LogP) is 3.75. The predicted molar refractivity (Wildman–Crippen MR) is 106 cm³/mol. The van der Waals surface area contributed by atoms with Gasteiger partial charge in [0.2, 0.25) is 5.91 Å². The Morgan fingerprint density at radius 2 is 1.59 bits per heavy atom. The Morgan fingerprint density at radius 3 is 2.09 bits per heavy atom. The van der Waals surface area contributed by atoms with Crippen molar-refractivity contribution >= 4 is 17.8 Å². The second kappa shape index (κ2) is 7.92. The first-order chi connectivity index (χ1) is 14.8. The summed E-state index contributed by atoms with van der Waals surface area (Å²) in [6.45, 7) is 3.26. The van der Waals surface area contributed by atoms with Gasteiger partial charge in [-0.25, -0.2) is 9.18 Å². The van der Waals surface area contributed by atoms with Crippen LogP contribution in [0.3, 0.4) is 0 Å². The Morgan fingerprint density at radius 1 is 1.00 bits per heavy atom. The van der Waals surface area contributed by atoms with Gasteiger partial charge in [-0.15, -0.1) is 0 Å². The summed E-state index contributed by atoms with van der Waals surface area (Å²) in [6, 6.07) is 10.2. The lowest BCUT2D eigenvalue weighted by molar-refractivity contribution is -0.175. The van der Waals surface area contributed by atoms with Crippen molar-refractivity contribution in [1.29, 1.82) is 0 Å². The van der Waals surface area contributed by atoms with Gasteiger partial charge in [0, 0.05) is 0 Å². The number of carboxylic acid groups (broad SMARTS) is 1. The maximum absolute atomic E-state index is 14.0. The first-order valence-electron chi connectivity index (χ1n) is 9.61. The van der Waals surface area contributed by atoms with Crippen LogP contribution in [0.2, 0.25) is 0 Å². The van der Waals surface area contributed by atoms with Crippen molar-refractivity contribution in [2.75, 3.05) is 0 Å². The molecule has 2 amide bonds. The summed E-state index contributed by atoms with van der Waals surface area (Å²) in [6.07, 6.45) is -4.91. The fourth-order valence-corrected chi connectivity index (χ4v) is 3.35. The zero-order valence-corrected chi connectivity index (χ0v) is 17.1. The van der Waals surface area contributed by atoms with Gasteiger partial charge in [0.1, 0.15) is 16.9 Å². The molecule has 0 atom stereocenters. The third-order valence-corrected chi connectivity index (χ3v) is 5.37. The van der Waals surface area contributed by atoms with Crippen LogP contribution in [0.1, 0.15) is 42.6 Å². The molecule has 1 aliphatic rings. The second-order valence-corrected chi connectivity index (χ2v) is 8.16. The zero-order chi connectivity index (χ0) is 23.9. The lowest BCUT2D eigenvalue weighted by Crippen LogP contribution is -2.56. The monoisotopic (exact) mass is 452 g/mol. The molecule has 3 rings (SSSR count). The number of nitrogens with one attached hydrogen (secondary N) is 2. The molecule has 3 N–H and O–H groups in total. The number of carbonyl (C=O) groups is 3. The minimum Gasteiger partial charge on any atom is -0.478 e. The number of carbonyl (C=O) groups excluding carboxylic acids is 2. The fraction of sp³-hybridized carbons (Fsp3) is 0.318. The summed E-state index contributed by atoms with van der Waals surface area (Å²) < 4.78 is 51.6. The standard InChI is InChI=1S/C22H20F4N2O4/c1-20(2,27-18(31)21(10-11-21)28-19(32)22(24,25)26)13-8-6-12(7-9-13)14-4-3-5-15(23)16(14)17(29)30/h3-9H,10-11H2,1-2H3,(H,27,31)(H,28,32)(H,29,30). The molecule has 1 aliphatic carbocycles. The highest BCUT2D eigenvalue weighted by atomic mass is 19.4. The highest BCUT2D eigenvalue weighted by Gasteiger charge is 2.55. The maximum Gasteiger partial charge on any atom is 0.471 e. The first kappa shape index (κ1) is 23.2. The van der Waals surface area contributed by atoms with Crippen molar-refractivity contribution in [3.05, 3.63) is 59.4 Å². The van der Waals surface area contributed by atoms with Crippen LogP contribution in [0.25, 0.3) is 11.1 Å². The molecule has 170 valence electrons. The van der Waals surface area contributed by atoms with E-state index >= 15 is 0 Å². The summed E-state index contributed by atoms with van der Waals surface area (Å²) in [5.41, 5.74) is -1.90. The Labute approximate surface area is 180 Å². The molecule has 0 heterocycles. The molecule has 1 fully saturated rings. The SMILES string of the molecule is CC(C)(NC(=O)C1(NC(=O)C(F)(F)F)CC1)c1ccc(-c2cccc(F)c2C(=O)O)cc1. The lowest BCUT2D eigenvalue weighted by atomic mass is 9.91. The van der Waals surface area contributed by atoms with Gasteiger partial charge in [0.15, 0.2) is 0 Å². The first-order valence-corrected chi connectivity index (χ1v) is 9.61. The molecular formula is C22H20F4N2O4. The molecule has 2 aromatic carbocycles. The highest BCUT2D eigenvalue weighted by Crippen LogP contribution is 2.38. The van der Waals surface area contributed by atoms with E-state index in [1.54, 1.807) is 43.4 Å². The van der Waals surface area contributed by atoms with Gasteiger partial charge in [-0.05, 0) is 49.4 Å². The number of carboxylic acids is 1. The van der Waals surface area contributed by atoms with E-state index in [1.165, 1.54) is 12.1 Å². The molecule has 1 saturated carbocycles. The third kappa shape index (κ3) is 4.58. The van der Waals surface area contributed by atoms with Crippen LogP contribution < -0.4 is 10.6 Å². The molecule has 32 heavy (non-hydrogen) atoms. The van der Waals surface area contributed by atoms with E-state index in [1.807, 2.05) is 0 Å². The van der Waals surface area contributed by atoms with E-state index < -0.39 is 46.4 Å². The Kier molecular flexibility index (Phi) is 5.75. The van der Waals surface area contributed by atoms with Crippen molar-refractivity contribution in [2.45, 2.75) is 43.9 Å². The van der Waals surface area contributed by atoms with Crippen LogP contribution in [0.15, 0.2) is 42.5 Å². The molecule has 0 saturated heterocycles. The second-order valence-electron chi connectivity index (χ2n) is 8.16. The van der Waals surface area contributed by atoms with Crippen LogP contribution in [-0.4, -0.2) is 34.6 Å². The van der Waals surface area contributed by atoms with Crippen molar-refractivity contribution in [3.8, 4) is 11.1 Å². The third-order valence-electron chi connectivity index (χ3n) is 5.37. The number of amides is 2. The molecule has 0 bridgehead atoms. The average Bonchev–Trinajstić information content (AvgIpc) is 3.47. The summed E-state index contributed by atoms with van der Waals surface area (Å²) >= 11 is 0. The molecule has 0 unspecified atom stereocenters. The van der Waals surface area contributed by atoms with Crippen molar-refractivity contribution in [1.82, 2.24) is 10.6 Å². The summed E-state index contributed by atoms with van der Waals surface area (Å²) in [5, 5.41) is 13.7. The van der Waals surface area contributed by atoms with E-state index in [0.29, 0.717) is 11.1 Å². The molecule has 0 radical (unpaired) electrons. The molecule has 0 aliphatic heterocycles. The molecule has 6 nitrogen and oxygen atoms in total. The van der Waals surface area contributed by atoms with E-state index in [2.05, 4.69) is 5.32 Å². The van der Waals surface area contributed by atoms with Crippen LogP contribution >= 0.6 is 0 Å². The Bertz CT molecular complexity index is 1070. The van der Waals surface area contributed by atoms with Crippen LogP contribution in [0.5, 0.6) is 0 Å². The largest absolute Gasteiger partial charge is 0.478 e. The van der Waals surface area contributed by atoms with Crippen LogP contribution in [0.4, 0.5) is 17.6 Å². The van der Waals surface area contributed by atoms with Crippen molar-refractivity contribution < 1.29 is 37.1 Å². The number of hydrogen-bond donors (Lipinski definition) is 3. The van der Waals surface area contributed by atoms with Gasteiger partial charge in [-0.2, -0.15) is 13.2 Å². The maximum atomic E-state index is 14.0. The van der Waals surface area contributed by atoms with Gasteiger partial charge in [0.05, 0.1) is 5.54 Å². The molecule has 0 aromatic heterocycles. The minimum absolute atomic E-state index is 0.0905. The molecule has 2 aromatic rings. The highest BCUT2D eigenvalue weighted by molar-refractivity contribution is 5.97. The zero-order valence-electron chi connectivity index (χ0n) is 17.1. The average molecular weight is 452 g/mol. The van der Waals surface area contributed by atoms with E-state index in [9.17, 15) is 37.1 Å². The van der Waals surface area contributed by atoms with Crippen LogP contribution in [-0.2, 0) is 15.1 Å². The Hall–Kier alpha value is -3.43. The van der Waals surface area contributed by atoms with Gasteiger partial charge in [-0.1, -0.05) is 36.4 Å². The van der Waals surface area contributed by atoms with E-state index in [4.69, 9.17) is 0 Å². The quantitative estimate of drug-likeness (QED) is 0.582. The Balaban J connectivity index is 1.79. The summed E-state index contributed by atoms with van der Waals surface area (Å²) in [4.78, 5) is 35.3. The van der Waals surface area contributed by atoms with Gasteiger partial charge in [-0.3, -0.25) is 9.59 Å². The van der Waals surface area contributed by atoms with Gasteiger partial charge in [0.25, 0.3) is 0 Å². The van der Waals surface area contributed by atoms with E-state index in [-0.39, 0.29) is 18.4 Å². The number of rotatable bonds is 6. The number of halogens is 4. The van der Waals surface area contributed by atoms with Crippen molar-refractivity contribution in [3.63, 3.8) is 0 Å². The van der Waals surface area contributed by atoms with Crippen LogP contribution in [0, 0.1) is 5.82 Å². The number of benzene rings is 2. The van der Waals surface area contributed by atoms with Crippen molar-refractivity contribution in [2.24, 2.45) is 0 Å². The number of hydrogen-bond acceptors (Lipinski definition) is 3. The normalized spacial score (nSPS) is 15.1. The smallest absolute Gasteiger partial charge is 0.471 e. The molecule has 0 spiro atoms. The van der Waals surface area contributed by atoms with Gasteiger partial charge >= 0.3 is 18.1 Å². The number of alkyl halides is 3. The van der Waals surface area contributed by atoms with E-state index in [0.717, 1.165) is 6.07 Å². The number of aromatic carboxylic acids is 1. The summed E-state index contributed by atoms with van der Waals surface area (Å²) in [5.74, 6) is -5.19. The minimum atomic E-state index is -5.09. The molecule has 10 heteroatoms. The topological polar surface area (TPSA) is 95.5 Å².